The van der Waals surface area contributed by atoms with Gasteiger partial charge in [0.15, 0.2) is 0 Å². The SMILES string of the molecule is c1ccc(-n2c3ccccc3c3cc(-c4ccc5c(c4)c4ccc(-c6cc7c8ccccc8n8c9ccccc9c(c6)c78)cc4n5-c4ccccc4)ccc32)cc1. The van der Waals surface area contributed by atoms with E-state index >= 15 is 0 Å². The molecule has 0 saturated heterocycles. The zero-order valence-corrected chi connectivity index (χ0v) is 30.9. The zero-order valence-electron chi connectivity index (χ0n) is 30.9. The third-order valence-corrected chi connectivity index (χ3v) is 12.3. The molecule has 0 unspecified atom stereocenters. The molecule has 0 fully saturated rings. The number of para-hydroxylation sites is 5. The van der Waals surface area contributed by atoms with Gasteiger partial charge >= 0.3 is 0 Å². The molecule has 0 aliphatic carbocycles. The standard InChI is InChI=1S/C54H33N3/c1-3-13-38(14-4-1)55-48-20-10-7-17-40(48)44-29-34(24-27-51(44)55)35-25-28-52-45(30-35)43-26-23-36(33-53(43)56(52)39-15-5-2-6-16-39)37-31-46-41-18-8-11-21-49(41)57-50-22-12-9-19-42(50)47(32-37)54(46)57/h1-33H. The van der Waals surface area contributed by atoms with E-state index in [0.29, 0.717) is 0 Å². The summed E-state index contributed by atoms with van der Waals surface area (Å²) in [5, 5.41) is 10.2. The molecule has 4 aromatic heterocycles. The lowest BCUT2D eigenvalue weighted by atomic mass is 9.97. The molecule has 0 bridgehead atoms. The molecule has 0 aliphatic heterocycles. The van der Waals surface area contributed by atoms with Crippen molar-refractivity contribution >= 4 is 81.7 Å². The Kier molecular flexibility index (Phi) is 6.16. The molecule has 0 N–H and O–H groups in total. The first-order valence-electron chi connectivity index (χ1n) is 19.7. The Morgan fingerprint density at radius 1 is 0.228 bits per heavy atom. The van der Waals surface area contributed by atoms with Gasteiger partial charge in [-0.2, -0.15) is 0 Å². The molecule has 3 nitrogen and oxygen atoms in total. The van der Waals surface area contributed by atoms with Crippen LogP contribution in [0, 0.1) is 0 Å². The van der Waals surface area contributed by atoms with Gasteiger partial charge in [0.25, 0.3) is 0 Å². The second-order valence-corrected chi connectivity index (χ2v) is 15.3. The van der Waals surface area contributed by atoms with Crippen LogP contribution in [0.25, 0.3) is 115 Å². The lowest BCUT2D eigenvalue weighted by molar-refractivity contribution is 1.18. The van der Waals surface area contributed by atoms with Crippen LogP contribution in [0.4, 0.5) is 0 Å². The van der Waals surface area contributed by atoms with E-state index in [2.05, 4.69) is 214 Å². The van der Waals surface area contributed by atoms with Gasteiger partial charge < -0.3 is 13.5 Å². The van der Waals surface area contributed by atoms with E-state index in [1.54, 1.807) is 0 Å². The molecule has 0 atom stereocenters. The summed E-state index contributed by atoms with van der Waals surface area (Å²) in [5.74, 6) is 0. The van der Waals surface area contributed by atoms with Gasteiger partial charge in [0.1, 0.15) is 0 Å². The van der Waals surface area contributed by atoms with E-state index in [4.69, 9.17) is 0 Å². The second kappa shape index (κ2) is 11.5. The minimum Gasteiger partial charge on any atom is -0.309 e. The molecule has 13 aromatic rings. The van der Waals surface area contributed by atoms with Crippen molar-refractivity contribution in [2.45, 2.75) is 0 Å². The molecule has 0 radical (unpaired) electrons. The lowest BCUT2D eigenvalue weighted by Crippen LogP contribution is -1.93. The smallest absolute Gasteiger partial charge is 0.0620 e. The van der Waals surface area contributed by atoms with Crippen molar-refractivity contribution < 1.29 is 0 Å². The summed E-state index contributed by atoms with van der Waals surface area (Å²) in [4.78, 5) is 0. The predicted molar refractivity (Wildman–Crippen MR) is 241 cm³/mol. The maximum atomic E-state index is 2.45. The molecule has 3 heteroatoms. The topological polar surface area (TPSA) is 14.3 Å². The molecule has 0 spiro atoms. The molecule has 13 rings (SSSR count). The molecular formula is C54H33N3. The molecule has 264 valence electrons. The fraction of sp³-hybridized carbons (Fsp3) is 0. The van der Waals surface area contributed by atoms with E-state index in [-0.39, 0.29) is 0 Å². The van der Waals surface area contributed by atoms with Gasteiger partial charge in [-0.3, -0.25) is 0 Å². The summed E-state index contributed by atoms with van der Waals surface area (Å²) in [6.07, 6.45) is 0. The van der Waals surface area contributed by atoms with Crippen LogP contribution in [0.15, 0.2) is 200 Å². The summed E-state index contributed by atoms with van der Waals surface area (Å²) in [6.45, 7) is 0. The van der Waals surface area contributed by atoms with E-state index < -0.39 is 0 Å². The highest BCUT2D eigenvalue weighted by Gasteiger charge is 2.20. The molecule has 4 heterocycles. The molecule has 0 amide bonds. The van der Waals surface area contributed by atoms with Crippen molar-refractivity contribution in [1.29, 1.82) is 0 Å². The van der Waals surface area contributed by atoms with Crippen molar-refractivity contribution in [3.05, 3.63) is 200 Å². The van der Waals surface area contributed by atoms with Gasteiger partial charge in [0.05, 0.1) is 38.6 Å². The third-order valence-electron chi connectivity index (χ3n) is 12.3. The maximum Gasteiger partial charge on any atom is 0.0620 e. The third kappa shape index (κ3) is 4.26. The Bertz CT molecular complexity index is 3650. The van der Waals surface area contributed by atoms with E-state index in [1.165, 1.54) is 110 Å². The molecular weight excluding hydrogens is 691 g/mol. The van der Waals surface area contributed by atoms with Crippen molar-refractivity contribution in [1.82, 2.24) is 13.5 Å². The largest absolute Gasteiger partial charge is 0.309 e. The number of hydrogen-bond acceptors (Lipinski definition) is 0. The first-order chi connectivity index (χ1) is 28.3. The van der Waals surface area contributed by atoms with Crippen LogP contribution >= 0.6 is 0 Å². The minimum absolute atomic E-state index is 1.16. The van der Waals surface area contributed by atoms with Crippen molar-refractivity contribution in [3.63, 3.8) is 0 Å². The van der Waals surface area contributed by atoms with Crippen LogP contribution < -0.4 is 0 Å². The van der Waals surface area contributed by atoms with Crippen LogP contribution in [0.5, 0.6) is 0 Å². The quantitative estimate of drug-likeness (QED) is 0.172. The summed E-state index contributed by atoms with van der Waals surface area (Å²) in [7, 11) is 0. The van der Waals surface area contributed by atoms with Crippen molar-refractivity contribution in [2.24, 2.45) is 0 Å². The Hall–Kier alpha value is -7.62. The average Bonchev–Trinajstić information content (AvgIpc) is 4.00. The summed E-state index contributed by atoms with van der Waals surface area (Å²) in [5.41, 5.74) is 15.8. The van der Waals surface area contributed by atoms with Crippen LogP contribution in [-0.4, -0.2) is 13.5 Å². The summed E-state index contributed by atoms with van der Waals surface area (Å²) >= 11 is 0. The fourth-order valence-corrected chi connectivity index (χ4v) is 9.86. The minimum atomic E-state index is 1.16. The average molecular weight is 724 g/mol. The van der Waals surface area contributed by atoms with Crippen molar-refractivity contribution in [3.8, 4) is 33.6 Å². The van der Waals surface area contributed by atoms with Gasteiger partial charge in [0, 0.05) is 54.5 Å². The summed E-state index contributed by atoms with van der Waals surface area (Å²) < 4.78 is 7.27. The van der Waals surface area contributed by atoms with Crippen LogP contribution in [0.2, 0.25) is 0 Å². The van der Waals surface area contributed by atoms with Gasteiger partial charge in [-0.25, -0.2) is 0 Å². The van der Waals surface area contributed by atoms with E-state index in [0.717, 1.165) is 5.69 Å². The number of fused-ring (bicyclic) bond motifs is 12. The van der Waals surface area contributed by atoms with Crippen LogP contribution in [0.3, 0.4) is 0 Å². The van der Waals surface area contributed by atoms with Gasteiger partial charge in [0.2, 0.25) is 0 Å². The van der Waals surface area contributed by atoms with Gasteiger partial charge in [-0.1, -0.05) is 115 Å². The lowest BCUT2D eigenvalue weighted by Gasteiger charge is -2.10. The number of nitrogens with zero attached hydrogens (tertiary/aromatic N) is 3. The number of hydrogen-bond donors (Lipinski definition) is 0. The fourth-order valence-electron chi connectivity index (χ4n) is 9.86. The van der Waals surface area contributed by atoms with E-state index in [9.17, 15) is 0 Å². The Balaban J connectivity index is 1.03. The Morgan fingerprint density at radius 2 is 0.614 bits per heavy atom. The first-order valence-corrected chi connectivity index (χ1v) is 19.7. The van der Waals surface area contributed by atoms with Crippen LogP contribution in [-0.2, 0) is 0 Å². The number of aromatic nitrogens is 3. The highest BCUT2D eigenvalue weighted by Crippen LogP contribution is 2.43. The van der Waals surface area contributed by atoms with Crippen molar-refractivity contribution in [2.75, 3.05) is 0 Å². The molecule has 0 aliphatic rings. The predicted octanol–water partition coefficient (Wildman–Crippen LogP) is 14.4. The van der Waals surface area contributed by atoms with Crippen LogP contribution in [0.1, 0.15) is 0 Å². The van der Waals surface area contributed by atoms with Gasteiger partial charge in [-0.05, 0) is 107 Å². The highest BCUT2D eigenvalue weighted by molar-refractivity contribution is 6.24. The Morgan fingerprint density at radius 3 is 1.18 bits per heavy atom. The van der Waals surface area contributed by atoms with Gasteiger partial charge in [-0.15, -0.1) is 0 Å². The second-order valence-electron chi connectivity index (χ2n) is 15.3. The Labute approximate surface area is 327 Å². The highest BCUT2D eigenvalue weighted by atomic mass is 15.0. The summed E-state index contributed by atoms with van der Waals surface area (Å²) in [6, 6.07) is 73.7. The molecule has 9 aromatic carbocycles. The molecule has 0 saturated carbocycles. The normalized spacial score (nSPS) is 12.2. The first kappa shape index (κ1) is 30.7. The maximum absolute atomic E-state index is 2.45. The zero-order chi connectivity index (χ0) is 37.2. The number of rotatable bonds is 4. The number of benzene rings is 9. The monoisotopic (exact) mass is 723 g/mol. The van der Waals surface area contributed by atoms with E-state index in [1.807, 2.05) is 0 Å². The molecule has 57 heavy (non-hydrogen) atoms.